The van der Waals surface area contributed by atoms with Crippen LogP contribution in [-0.2, 0) is 9.59 Å². The van der Waals surface area contributed by atoms with Gasteiger partial charge in [-0.3, -0.25) is 9.59 Å². The normalized spacial score (nSPS) is 25.9. The number of piperazine rings is 1. The monoisotopic (exact) mass is 224 g/mol. The average Bonchev–Trinajstić information content (AvgIpc) is 2.17. The molecule has 0 aliphatic carbocycles. The summed E-state index contributed by atoms with van der Waals surface area (Å²) in [4.78, 5) is 25.4. The minimum absolute atomic E-state index is 0.00917. The molecular weight excluding hydrogens is 204 g/mol. The van der Waals surface area contributed by atoms with Gasteiger partial charge in [0, 0.05) is 6.54 Å². The molecule has 1 aliphatic heterocycles. The lowest BCUT2D eigenvalue weighted by molar-refractivity contribution is -0.149. The van der Waals surface area contributed by atoms with Gasteiger partial charge in [-0.25, -0.2) is 0 Å². The molecule has 1 heterocycles. The summed E-state index contributed by atoms with van der Waals surface area (Å²) in [7, 11) is 0. The van der Waals surface area contributed by atoms with Crippen molar-refractivity contribution in [3.63, 3.8) is 0 Å². The van der Waals surface area contributed by atoms with Crippen molar-refractivity contribution in [2.24, 2.45) is 5.92 Å². The Morgan fingerprint density at radius 2 is 2.06 bits per heavy atom. The van der Waals surface area contributed by atoms with Crippen molar-refractivity contribution < 1.29 is 9.59 Å². The lowest BCUT2D eigenvalue weighted by Gasteiger charge is -2.38. The molecule has 1 N–H and O–H groups in total. The van der Waals surface area contributed by atoms with E-state index in [-0.39, 0.29) is 17.7 Å². The lowest BCUT2D eigenvalue weighted by Crippen LogP contribution is -2.64. The summed E-state index contributed by atoms with van der Waals surface area (Å²) in [5, 5.41) is 2.76. The topological polar surface area (TPSA) is 49.4 Å². The first-order chi connectivity index (χ1) is 7.34. The number of carbonyl (C=O) groups excluding carboxylic acids is 2. The number of hydrogen-bond donors (Lipinski definition) is 1. The highest BCUT2D eigenvalue weighted by Gasteiger charge is 2.38. The van der Waals surface area contributed by atoms with Crippen LogP contribution in [0.3, 0.4) is 0 Å². The fraction of sp³-hybridized carbons (Fsp3) is 0.667. The second-order valence-electron chi connectivity index (χ2n) is 4.83. The fourth-order valence-electron chi connectivity index (χ4n) is 1.80. The summed E-state index contributed by atoms with van der Waals surface area (Å²) in [6.45, 7) is 11.7. The summed E-state index contributed by atoms with van der Waals surface area (Å²) < 4.78 is 0. The van der Waals surface area contributed by atoms with E-state index in [0.717, 1.165) is 5.57 Å². The smallest absolute Gasteiger partial charge is 0.246 e. The highest BCUT2D eigenvalue weighted by atomic mass is 16.2. The Bertz CT molecular complexity index is 323. The van der Waals surface area contributed by atoms with E-state index in [1.807, 2.05) is 20.8 Å². The number of carbonyl (C=O) groups is 2. The Morgan fingerprint density at radius 3 is 2.50 bits per heavy atom. The number of hydrogen-bond acceptors (Lipinski definition) is 2. The van der Waals surface area contributed by atoms with Gasteiger partial charge in [0.15, 0.2) is 0 Å². The molecule has 1 rings (SSSR count). The molecule has 1 saturated heterocycles. The van der Waals surface area contributed by atoms with E-state index in [0.29, 0.717) is 6.54 Å². The molecule has 0 bridgehead atoms. The van der Waals surface area contributed by atoms with Crippen LogP contribution in [0.4, 0.5) is 0 Å². The highest BCUT2D eigenvalue weighted by molar-refractivity contribution is 5.97. The third-order valence-electron chi connectivity index (χ3n) is 2.80. The zero-order valence-corrected chi connectivity index (χ0v) is 10.4. The van der Waals surface area contributed by atoms with Crippen LogP contribution in [0.1, 0.15) is 27.7 Å². The Morgan fingerprint density at radius 1 is 1.50 bits per heavy atom. The van der Waals surface area contributed by atoms with E-state index >= 15 is 0 Å². The highest BCUT2D eigenvalue weighted by Crippen LogP contribution is 2.16. The predicted octanol–water partition coefficient (Wildman–Crippen LogP) is 0.934. The standard InChI is InChI=1S/C12H20N2O2/c1-7(2)6-14-9(5)11(15)13-10(8(3)4)12(14)16/h8-10H,1,6H2,2-5H3,(H,13,15). The van der Waals surface area contributed by atoms with Gasteiger partial charge in [0.1, 0.15) is 12.1 Å². The first kappa shape index (κ1) is 12.7. The van der Waals surface area contributed by atoms with Gasteiger partial charge in [-0.15, -0.1) is 0 Å². The largest absolute Gasteiger partial charge is 0.342 e. The van der Waals surface area contributed by atoms with Crippen LogP contribution in [0.15, 0.2) is 12.2 Å². The van der Waals surface area contributed by atoms with Gasteiger partial charge in [-0.1, -0.05) is 26.0 Å². The zero-order valence-electron chi connectivity index (χ0n) is 10.4. The minimum atomic E-state index is -0.404. The molecule has 0 radical (unpaired) electrons. The van der Waals surface area contributed by atoms with Crippen LogP contribution < -0.4 is 5.32 Å². The number of nitrogens with zero attached hydrogens (tertiary/aromatic N) is 1. The Hall–Kier alpha value is -1.32. The second kappa shape index (κ2) is 4.68. The Labute approximate surface area is 96.7 Å². The molecule has 16 heavy (non-hydrogen) atoms. The molecular formula is C12H20N2O2. The van der Waals surface area contributed by atoms with Crippen molar-refractivity contribution in [2.45, 2.75) is 39.8 Å². The van der Waals surface area contributed by atoms with Crippen LogP contribution >= 0.6 is 0 Å². The molecule has 1 fully saturated rings. The molecule has 4 nitrogen and oxygen atoms in total. The van der Waals surface area contributed by atoms with E-state index in [9.17, 15) is 9.59 Å². The van der Waals surface area contributed by atoms with Crippen LogP contribution in [0, 0.1) is 5.92 Å². The van der Waals surface area contributed by atoms with Gasteiger partial charge in [0.25, 0.3) is 0 Å². The van der Waals surface area contributed by atoms with Crippen LogP contribution in [0.5, 0.6) is 0 Å². The molecule has 4 heteroatoms. The molecule has 2 amide bonds. The van der Waals surface area contributed by atoms with Crippen LogP contribution in [0.25, 0.3) is 0 Å². The van der Waals surface area contributed by atoms with Crippen LogP contribution in [0.2, 0.25) is 0 Å². The molecule has 0 aromatic rings. The molecule has 0 aromatic carbocycles. The third kappa shape index (κ3) is 2.43. The summed E-state index contributed by atoms with van der Waals surface area (Å²) in [6, 6.07) is -0.803. The molecule has 0 spiro atoms. The first-order valence-corrected chi connectivity index (χ1v) is 5.59. The van der Waals surface area contributed by atoms with Gasteiger partial charge < -0.3 is 10.2 Å². The number of nitrogens with one attached hydrogen (secondary N) is 1. The van der Waals surface area contributed by atoms with E-state index in [2.05, 4.69) is 11.9 Å². The maximum atomic E-state index is 12.1. The third-order valence-corrected chi connectivity index (χ3v) is 2.80. The summed E-state index contributed by atoms with van der Waals surface area (Å²) in [5.74, 6) is 0.0150. The van der Waals surface area contributed by atoms with Gasteiger partial charge in [0.05, 0.1) is 0 Å². The van der Waals surface area contributed by atoms with E-state index in [1.54, 1.807) is 11.8 Å². The Balaban J connectivity index is 2.90. The maximum absolute atomic E-state index is 12.1. The minimum Gasteiger partial charge on any atom is -0.342 e. The van der Waals surface area contributed by atoms with E-state index < -0.39 is 12.1 Å². The quantitative estimate of drug-likeness (QED) is 0.725. The first-order valence-electron chi connectivity index (χ1n) is 5.59. The fourth-order valence-corrected chi connectivity index (χ4v) is 1.80. The number of rotatable bonds is 3. The van der Waals surface area contributed by atoms with E-state index in [1.165, 1.54) is 0 Å². The predicted molar refractivity (Wildman–Crippen MR) is 62.8 cm³/mol. The lowest BCUT2D eigenvalue weighted by atomic mass is 9.98. The molecule has 2 unspecified atom stereocenters. The van der Waals surface area contributed by atoms with Gasteiger partial charge in [-0.2, -0.15) is 0 Å². The molecule has 1 aliphatic rings. The second-order valence-corrected chi connectivity index (χ2v) is 4.83. The number of amides is 2. The van der Waals surface area contributed by atoms with Crippen molar-refractivity contribution in [1.29, 1.82) is 0 Å². The van der Waals surface area contributed by atoms with Crippen molar-refractivity contribution in [3.8, 4) is 0 Å². The molecule has 0 aromatic heterocycles. The Kier molecular flexibility index (Phi) is 3.73. The summed E-state index contributed by atoms with van der Waals surface area (Å²) in [5.41, 5.74) is 0.886. The van der Waals surface area contributed by atoms with Crippen molar-refractivity contribution in [3.05, 3.63) is 12.2 Å². The molecule has 0 saturated carbocycles. The van der Waals surface area contributed by atoms with Crippen molar-refractivity contribution in [2.75, 3.05) is 6.54 Å². The molecule has 2 atom stereocenters. The maximum Gasteiger partial charge on any atom is 0.246 e. The van der Waals surface area contributed by atoms with Crippen molar-refractivity contribution in [1.82, 2.24) is 10.2 Å². The van der Waals surface area contributed by atoms with Crippen LogP contribution in [-0.4, -0.2) is 35.3 Å². The van der Waals surface area contributed by atoms with Gasteiger partial charge in [0.2, 0.25) is 11.8 Å². The SMILES string of the molecule is C=C(C)CN1C(=O)C(C(C)C)NC(=O)C1C. The van der Waals surface area contributed by atoms with E-state index in [4.69, 9.17) is 0 Å². The summed E-state index contributed by atoms with van der Waals surface area (Å²) in [6.07, 6.45) is 0. The van der Waals surface area contributed by atoms with Gasteiger partial charge in [-0.05, 0) is 19.8 Å². The van der Waals surface area contributed by atoms with Crippen molar-refractivity contribution >= 4 is 11.8 Å². The zero-order chi connectivity index (χ0) is 12.5. The molecule has 90 valence electrons. The van der Waals surface area contributed by atoms with Gasteiger partial charge >= 0.3 is 0 Å². The summed E-state index contributed by atoms with van der Waals surface area (Å²) >= 11 is 0. The average molecular weight is 224 g/mol.